The topological polar surface area (TPSA) is 87.2 Å². The van der Waals surface area contributed by atoms with Crippen LogP contribution in [0.15, 0.2) is 29.2 Å². The number of nitrogens with zero attached hydrogens (tertiary/aromatic N) is 2. The minimum atomic E-state index is -3.59. The van der Waals surface area contributed by atoms with Crippen LogP contribution in [0.3, 0.4) is 0 Å². The molecule has 1 rings (SSSR count). The third kappa shape index (κ3) is 4.07. The van der Waals surface area contributed by atoms with Crippen LogP contribution >= 0.6 is 0 Å². The van der Waals surface area contributed by atoms with Gasteiger partial charge in [0.2, 0.25) is 10.0 Å². The normalized spacial score (nSPS) is 10.7. The van der Waals surface area contributed by atoms with Crippen molar-refractivity contribution >= 4 is 10.0 Å². The maximum Gasteiger partial charge on any atom is 0.243 e. The van der Waals surface area contributed by atoms with Gasteiger partial charge in [-0.2, -0.15) is 9.57 Å². The molecule has 2 N–H and O–H groups in total. The zero-order chi connectivity index (χ0) is 15.0. The predicted octanol–water partition coefficient (Wildman–Crippen LogP) is 0.921. The summed E-state index contributed by atoms with van der Waals surface area (Å²) in [5, 5.41) is 8.59. The lowest BCUT2D eigenvalue weighted by molar-refractivity contribution is 0.435. The summed E-state index contributed by atoms with van der Waals surface area (Å²) in [7, 11) is -3.59. The van der Waals surface area contributed by atoms with E-state index in [0.29, 0.717) is 12.1 Å². The molecule has 6 heteroatoms. The maximum absolute atomic E-state index is 12.4. The van der Waals surface area contributed by atoms with E-state index < -0.39 is 10.0 Å². The van der Waals surface area contributed by atoms with E-state index in [1.807, 2.05) is 6.07 Å². The summed E-state index contributed by atoms with van der Waals surface area (Å²) in [4.78, 5) is 0.182. The van der Waals surface area contributed by atoms with Crippen molar-refractivity contribution in [3.8, 4) is 17.9 Å². The summed E-state index contributed by atoms with van der Waals surface area (Å²) in [6.07, 6.45) is 0.166. The van der Waals surface area contributed by atoms with Crippen molar-refractivity contribution < 1.29 is 8.42 Å². The van der Waals surface area contributed by atoms with Gasteiger partial charge in [-0.25, -0.2) is 8.42 Å². The molecule has 106 valence electrons. The molecule has 0 bridgehead atoms. The summed E-state index contributed by atoms with van der Waals surface area (Å²) in [6, 6.07) is 8.37. The van der Waals surface area contributed by atoms with E-state index in [9.17, 15) is 8.42 Å². The predicted molar refractivity (Wildman–Crippen MR) is 77.0 cm³/mol. The van der Waals surface area contributed by atoms with E-state index in [-0.39, 0.29) is 24.4 Å². The van der Waals surface area contributed by atoms with E-state index in [2.05, 4.69) is 11.8 Å². The van der Waals surface area contributed by atoms with Crippen molar-refractivity contribution in [2.45, 2.75) is 18.2 Å². The second-order valence-electron chi connectivity index (χ2n) is 3.94. The van der Waals surface area contributed by atoms with Crippen LogP contribution in [-0.2, 0) is 10.0 Å². The van der Waals surface area contributed by atoms with Gasteiger partial charge in [-0.1, -0.05) is 24.8 Å². The Morgan fingerprint density at radius 3 is 2.75 bits per heavy atom. The summed E-state index contributed by atoms with van der Waals surface area (Å²) in [5.41, 5.74) is 5.90. The van der Waals surface area contributed by atoms with Crippen LogP contribution in [0.4, 0.5) is 0 Å². The molecule has 1 aromatic rings. The molecular formula is C14H17N3O2S. The first-order valence-corrected chi connectivity index (χ1v) is 7.66. The minimum Gasteiger partial charge on any atom is -0.320 e. The molecule has 0 atom stereocenters. The van der Waals surface area contributed by atoms with Crippen LogP contribution in [0.5, 0.6) is 0 Å². The van der Waals surface area contributed by atoms with Gasteiger partial charge in [-0.3, -0.25) is 0 Å². The molecule has 0 saturated carbocycles. The van der Waals surface area contributed by atoms with Crippen molar-refractivity contribution in [3.63, 3.8) is 0 Å². The van der Waals surface area contributed by atoms with Gasteiger partial charge >= 0.3 is 0 Å². The van der Waals surface area contributed by atoms with Gasteiger partial charge in [0.1, 0.15) is 0 Å². The Kier molecular flexibility index (Phi) is 6.20. The molecule has 0 spiro atoms. The Labute approximate surface area is 120 Å². The average molecular weight is 291 g/mol. The van der Waals surface area contributed by atoms with E-state index >= 15 is 0 Å². The molecule has 20 heavy (non-hydrogen) atoms. The molecule has 0 unspecified atom stereocenters. The van der Waals surface area contributed by atoms with Crippen LogP contribution in [0.25, 0.3) is 0 Å². The summed E-state index contributed by atoms with van der Waals surface area (Å²) >= 11 is 0. The van der Waals surface area contributed by atoms with Crippen molar-refractivity contribution in [1.82, 2.24) is 4.31 Å². The smallest absolute Gasteiger partial charge is 0.243 e. The molecule has 1 aromatic carbocycles. The summed E-state index contributed by atoms with van der Waals surface area (Å²) in [6.45, 7) is 2.48. The van der Waals surface area contributed by atoms with Crippen molar-refractivity contribution in [1.29, 1.82) is 5.26 Å². The van der Waals surface area contributed by atoms with Crippen molar-refractivity contribution in [3.05, 3.63) is 29.8 Å². The molecule has 0 aliphatic carbocycles. The second kappa shape index (κ2) is 7.66. The van der Waals surface area contributed by atoms with Crippen LogP contribution in [0.2, 0.25) is 0 Å². The molecule has 5 nitrogen and oxygen atoms in total. The fourth-order valence-electron chi connectivity index (χ4n) is 1.66. The number of rotatable bonds is 5. The Bertz CT molecular complexity index is 651. The summed E-state index contributed by atoms with van der Waals surface area (Å²) < 4.78 is 26.2. The lowest BCUT2D eigenvalue weighted by atomic mass is 10.2. The zero-order valence-corrected chi connectivity index (χ0v) is 12.2. The molecule has 0 aliphatic heterocycles. The highest BCUT2D eigenvalue weighted by molar-refractivity contribution is 7.89. The van der Waals surface area contributed by atoms with Crippen molar-refractivity contribution in [2.75, 3.05) is 19.6 Å². The largest absolute Gasteiger partial charge is 0.320 e. The third-order valence-electron chi connectivity index (χ3n) is 2.63. The van der Waals surface area contributed by atoms with E-state index in [0.717, 1.165) is 0 Å². The van der Waals surface area contributed by atoms with Crippen LogP contribution in [0, 0.1) is 23.2 Å². The second-order valence-corrected chi connectivity index (χ2v) is 5.88. The lowest BCUT2D eigenvalue weighted by Gasteiger charge is -2.19. The van der Waals surface area contributed by atoms with E-state index in [4.69, 9.17) is 11.0 Å². The van der Waals surface area contributed by atoms with Gasteiger partial charge in [-0.15, -0.1) is 0 Å². The monoisotopic (exact) mass is 291 g/mol. The zero-order valence-electron chi connectivity index (χ0n) is 11.3. The van der Waals surface area contributed by atoms with Gasteiger partial charge in [0.25, 0.3) is 0 Å². The number of hydrogen-bond donors (Lipinski definition) is 1. The summed E-state index contributed by atoms with van der Waals surface area (Å²) in [5.74, 6) is 5.49. The molecule has 0 amide bonds. The highest BCUT2D eigenvalue weighted by atomic mass is 32.2. The van der Waals surface area contributed by atoms with Gasteiger partial charge < -0.3 is 5.73 Å². The van der Waals surface area contributed by atoms with Gasteiger partial charge in [-0.05, 0) is 18.2 Å². The first-order valence-electron chi connectivity index (χ1n) is 6.22. The number of nitrogens with two attached hydrogens (primary N) is 1. The Balaban J connectivity index is 3.11. The fraction of sp³-hybridized carbons (Fsp3) is 0.357. The van der Waals surface area contributed by atoms with Crippen molar-refractivity contribution in [2.24, 2.45) is 5.73 Å². The number of sulfonamides is 1. The van der Waals surface area contributed by atoms with Gasteiger partial charge in [0.05, 0.1) is 17.5 Å². The van der Waals surface area contributed by atoms with E-state index in [1.165, 1.54) is 16.4 Å². The Hall–Kier alpha value is -1.86. The van der Waals surface area contributed by atoms with Crippen LogP contribution < -0.4 is 5.73 Å². The molecule has 0 saturated heterocycles. The highest BCUT2D eigenvalue weighted by Crippen LogP contribution is 2.17. The lowest BCUT2D eigenvalue weighted by Crippen LogP contribution is -2.31. The Morgan fingerprint density at radius 1 is 1.40 bits per heavy atom. The maximum atomic E-state index is 12.4. The number of hydrogen-bond acceptors (Lipinski definition) is 4. The van der Waals surface area contributed by atoms with Crippen LogP contribution in [0.1, 0.15) is 18.9 Å². The molecular weight excluding hydrogens is 274 g/mol. The molecule has 0 radical (unpaired) electrons. The quantitative estimate of drug-likeness (QED) is 0.817. The molecule has 0 aliphatic rings. The number of nitriles is 1. The van der Waals surface area contributed by atoms with Gasteiger partial charge in [0, 0.05) is 25.1 Å². The SMILES string of the molecule is CCN(CCC#N)S(=O)(=O)c1cccc(C#CCN)c1. The average Bonchev–Trinajstić information content (AvgIpc) is 2.46. The molecule has 0 aromatic heterocycles. The van der Waals surface area contributed by atoms with Gasteiger partial charge in [0.15, 0.2) is 0 Å². The highest BCUT2D eigenvalue weighted by Gasteiger charge is 2.22. The molecule has 0 fully saturated rings. The molecule has 0 heterocycles. The third-order valence-corrected chi connectivity index (χ3v) is 4.60. The standard InChI is InChI=1S/C14H17N3O2S/c1-2-17(11-5-10-16)20(18,19)14-8-3-6-13(12-14)7-4-9-15/h3,6,8,12H,2,5,9,11,15H2,1H3. The van der Waals surface area contributed by atoms with E-state index in [1.54, 1.807) is 19.1 Å². The first-order chi connectivity index (χ1) is 9.56. The first kappa shape index (κ1) is 16.2. The Morgan fingerprint density at radius 2 is 2.15 bits per heavy atom. The minimum absolute atomic E-state index is 0.166. The fourth-order valence-corrected chi connectivity index (χ4v) is 3.16. The number of benzene rings is 1. The van der Waals surface area contributed by atoms with Crippen LogP contribution in [-0.4, -0.2) is 32.4 Å².